The van der Waals surface area contributed by atoms with Crippen molar-refractivity contribution < 1.29 is 22.7 Å². The number of piperidine rings is 1. The normalized spacial score (nSPS) is 20.3. The molecule has 148 valence electrons. The van der Waals surface area contributed by atoms with E-state index in [1.54, 1.807) is 36.1 Å². The van der Waals surface area contributed by atoms with Gasteiger partial charge in [-0.15, -0.1) is 0 Å². The number of benzene rings is 1. The maximum Gasteiger partial charge on any atom is 0.309 e. The first-order valence-corrected chi connectivity index (χ1v) is 11.1. The summed E-state index contributed by atoms with van der Waals surface area (Å²) in [6.45, 7) is 3.59. The number of carbonyl (C=O) groups is 2. The Kier molecular flexibility index (Phi) is 6.04. The quantitative estimate of drug-likeness (QED) is 0.730. The first-order chi connectivity index (χ1) is 12.9. The zero-order valence-corrected chi connectivity index (χ0v) is 16.4. The molecule has 27 heavy (non-hydrogen) atoms. The Morgan fingerprint density at radius 2 is 1.89 bits per heavy atom. The van der Waals surface area contributed by atoms with Crippen molar-refractivity contribution in [2.24, 2.45) is 5.92 Å². The molecule has 2 fully saturated rings. The highest BCUT2D eigenvalue weighted by molar-refractivity contribution is 7.92. The van der Waals surface area contributed by atoms with Gasteiger partial charge in [0.05, 0.1) is 24.0 Å². The van der Waals surface area contributed by atoms with Crippen LogP contribution >= 0.6 is 0 Å². The Morgan fingerprint density at radius 3 is 2.56 bits per heavy atom. The SMILES string of the molecule is CCOC(=O)C1CCN(C(=O)c2cccc(N3CCCCS3(=O)=O)c2)CC1. The lowest BCUT2D eigenvalue weighted by atomic mass is 9.96. The molecule has 2 aliphatic rings. The van der Waals surface area contributed by atoms with Crippen LogP contribution in [0.25, 0.3) is 0 Å². The van der Waals surface area contributed by atoms with Crippen molar-refractivity contribution in [1.82, 2.24) is 4.90 Å². The van der Waals surface area contributed by atoms with E-state index >= 15 is 0 Å². The van der Waals surface area contributed by atoms with Gasteiger partial charge in [-0.1, -0.05) is 6.07 Å². The van der Waals surface area contributed by atoms with E-state index in [9.17, 15) is 18.0 Å². The predicted molar refractivity (Wildman–Crippen MR) is 102 cm³/mol. The van der Waals surface area contributed by atoms with E-state index in [2.05, 4.69) is 0 Å². The molecule has 0 aromatic heterocycles. The van der Waals surface area contributed by atoms with Gasteiger partial charge in [0, 0.05) is 25.2 Å². The topological polar surface area (TPSA) is 84.0 Å². The molecule has 7 nitrogen and oxygen atoms in total. The van der Waals surface area contributed by atoms with Crippen LogP contribution in [0.3, 0.4) is 0 Å². The Morgan fingerprint density at radius 1 is 1.15 bits per heavy atom. The Hall–Kier alpha value is -2.09. The number of nitrogens with zero attached hydrogens (tertiary/aromatic N) is 2. The molecule has 8 heteroatoms. The third kappa shape index (κ3) is 4.43. The molecule has 0 atom stereocenters. The molecule has 1 aromatic carbocycles. The number of likely N-dealkylation sites (tertiary alicyclic amines) is 1. The van der Waals surface area contributed by atoms with Gasteiger partial charge in [-0.3, -0.25) is 13.9 Å². The minimum Gasteiger partial charge on any atom is -0.466 e. The van der Waals surface area contributed by atoms with Crippen LogP contribution in [0.5, 0.6) is 0 Å². The fourth-order valence-corrected chi connectivity index (χ4v) is 5.27. The van der Waals surface area contributed by atoms with Crippen LogP contribution in [0, 0.1) is 5.92 Å². The largest absolute Gasteiger partial charge is 0.466 e. The molecule has 0 N–H and O–H groups in total. The van der Waals surface area contributed by atoms with Crippen molar-refractivity contribution in [3.05, 3.63) is 29.8 Å². The summed E-state index contributed by atoms with van der Waals surface area (Å²) in [4.78, 5) is 26.4. The van der Waals surface area contributed by atoms with Crippen LogP contribution in [-0.2, 0) is 19.6 Å². The highest BCUT2D eigenvalue weighted by Gasteiger charge is 2.30. The summed E-state index contributed by atoms with van der Waals surface area (Å²) in [7, 11) is -3.31. The smallest absolute Gasteiger partial charge is 0.309 e. The molecule has 0 bridgehead atoms. The second-order valence-corrected chi connectivity index (χ2v) is 8.98. The molecule has 1 amide bonds. The van der Waals surface area contributed by atoms with Gasteiger partial charge in [0.15, 0.2) is 0 Å². The monoisotopic (exact) mass is 394 g/mol. The van der Waals surface area contributed by atoms with Gasteiger partial charge in [0.2, 0.25) is 10.0 Å². The number of sulfonamides is 1. The molecule has 1 aromatic rings. The highest BCUT2D eigenvalue weighted by Crippen LogP contribution is 2.26. The standard InChI is InChI=1S/C19H26N2O5S/c1-2-26-19(23)15-8-11-20(12-9-15)18(22)16-6-5-7-17(14-16)21-10-3-4-13-27(21,24)25/h5-7,14-15H,2-4,8-13H2,1H3. The summed E-state index contributed by atoms with van der Waals surface area (Å²) in [5.74, 6) is -0.332. The molecule has 0 saturated carbocycles. The summed E-state index contributed by atoms with van der Waals surface area (Å²) < 4.78 is 31.1. The summed E-state index contributed by atoms with van der Waals surface area (Å²) in [5.41, 5.74) is 1.02. The maximum atomic E-state index is 12.8. The molecular formula is C19H26N2O5S. The molecule has 2 saturated heterocycles. The van der Waals surface area contributed by atoms with Crippen LogP contribution in [0.4, 0.5) is 5.69 Å². The van der Waals surface area contributed by atoms with Crippen molar-refractivity contribution in [3.8, 4) is 0 Å². The van der Waals surface area contributed by atoms with Gasteiger partial charge in [0.25, 0.3) is 5.91 Å². The summed E-state index contributed by atoms with van der Waals surface area (Å²) >= 11 is 0. The van der Waals surface area contributed by atoms with Crippen molar-refractivity contribution in [3.63, 3.8) is 0 Å². The third-order valence-corrected chi connectivity index (χ3v) is 7.00. The first-order valence-electron chi connectivity index (χ1n) is 9.49. The number of ether oxygens (including phenoxy) is 1. The maximum absolute atomic E-state index is 12.8. The zero-order valence-electron chi connectivity index (χ0n) is 15.6. The molecule has 0 unspecified atom stereocenters. The highest BCUT2D eigenvalue weighted by atomic mass is 32.2. The minimum absolute atomic E-state index is 0.131. The predicted octanol–water partition coefficient (Wildman–Crippen LogP) is 2.03. The Labute approximate surface area is 160 Å². The molecular weight excluding hydrogens is 368 g/mol. The lowest BCUT2D eigenvalue weighted by Gasteiger charge is -2.31. The van der Waals surface area contributed by atoms with E-state index < -0.39 is 10.0 Å². The van der Waals surface area contributed by atoms with Crippen LogP contribution in [-0.4, -0.2) is 57.2 Å². The van der Waals surface area contributed by atoms with Crippen molar-refractivity contribution >= 4 is 27.6 Å². The Bertz CT molecular complexity index is 800. The van der Waals surface area contributed by atoms with E-state index in [1.807, 2.05) is 0 Å². The summed E-state index contributed by atoms with van der Waals surface area (Å²) in [6, 6.07) is 6.81. The van der Waals surface area contributed by atoms with Crippen LogP contribution < -0.4 is 4.31 Å². The minimum atomic E-state index is -3.31. The molecule has 0 spiro atoms. The van der Waals surface area contributed by atoms with E-state index in [0.29, 0.717) is 56.8 Å². The Balaban J connectivity index is 1.69. The van der Waals surface area contributed by atoms with E-state index in [0.717, 1.165) is 6.42 Å². The lowest BCUT2D eigenvalue weighted by molar-refractivity contribution is -0.149. The summed E-state index contributed by atoms with van der Waals surface area (Å²) in [6.07, 6.45) is 2.67. The van der Waals surface area contributed by atoms with Gasteiger partial charge in [-0.25, -0.2) is 8.42 Å². The van der Waals surface area contributed by atoms with Gasteiger partial charge < -0.3 is 9.64 Å². The van der Waals surface area contributed by atoms with E-state index in [4.69, 9.17) is 4.74 Å². The zero-order chi connectivity index (χ0) is 19.4. The molecule has 3 rings (SSSR count). The number of carbonyl (C=O) groups excluding carboxylic acids is 2. The average Bonchev–Trinajstić information content (AvgIpc) is 2.67. The fraction of sp³-hybridized carbons (Fsp3) is 0.579. The van der Waals surface area contributed by atoms with E-state index in [1.165, 1.54) is 4.31 Å². The fourth-order valence-electron chi connectivity index (χ4n) is 3.63. The van der Waals surface area contributed by atoms with Gasteiger partial charge in [-0.05, 0) is 50.8 Å². The average molecular weight is 394 g/mol. The second-order valence-electron chi connectivity index (χ2n) is 6.96. The molecule has 0 aliphatic carbocycles. The number of hydrogen-bond donors (Lipinski definition) is 0. The number of amides is 1. The first kappa shape index (κ1) is 19.7. The third-order valence-electron chi connectivity index (χ3n) is 5.13. The number of hydrogen-bond acceptors (Lipinski definition) is 5. The number of esters is 1. The van der Waals surface area contributed by atoms with Crippen molar-refractivity contribution in [2.75, 3.05) is 36.3 Å². The molecule has 2 heterocycles. The van der Waals surface area contributed by atoms with Crippen molar-refractivity contribution in [1.29, 1.82) is 0 Å². The van der Waals surface area contributed by atoms with Gasteiger partial charge in [-0.2, -0.15) is 0 Å². The van der Waals surface area contributed by atoms with Gasteiger partial charge in [0.1, 0.15) is 0 Å². The molecule has 0 radical (unpaired) electrons. The summed E-state index contributed by atoms with van der Waals surface area (Å²) in [5, 5.41) is 0. The lowest BCUT2D eigenvalue weighted by Crippen LogP contribution is -2.41. The number of anilines is 1. The van der Waals surface area contributed by atoms with E-state index in [-0.39, 0.29) is 23.5 Å². The van der Waals surface area contributed by atoms with Crippen LogP contribution in [0.15, 0.2) is 24.3 Å². The second kappa shape index (κ2) is 8.29. The number of rotatable bonds is 4. The van der Waals surface area contributed by atoms with Crippen LogP contribution in [0.1, 0.15) is 43.0 Å². The van der Waals surface area contributed by atoms with Crippen LogP contribution in [0.2, 0.25) is 0 Å². The van der Waals surface area contributed by atoms with Gasteiger partial charge >= 0.3 is 5.97 Å². The van der Waals surface area contributed by atoms with Crippen molar-refractivity contribution in [2.45, 2.75) is 32.6 Å². The molecule has 2 aliphatic heterocycles.